The van der Waals surface area contributed by atoms with Crippen LogP contribution in [-0.2, 0) is 11.3 Å². The molecule has 2 aromatic heterocycles. The molecule has 0 radical (unpaired) electrons. The molecule has 0 N–H and O–H groups in total. The number of rotatable bonds is 2. The Kier molecular flexibility index (Phi) is 3.38. The van der Waals surface area contributed by atoms with Crippen LogP contribution >= 0.6 is 11.3 Å². The largest absolute Gasteiger partial charge is 0.376 e. The zero-order chi connectivity index (χ0) is 13.4. The van der Waals surface area contributed by atoms with Gasteiger partial charge in [-0.2, -0.15) is 0 Å². The first kappa shape index (κ1) is 12.8. The first-order chi connectivity index (χ1) is 9.13. The second-order valence-corrected chi connectivity index (χ2v) is 5.83. The van der Waals surface area contributed by atoms with E-state index in [1.807, 2.05) is 12.3 Å². The third-order valence-corrected chi connectivity index (χ3v) is 4.28. The molecule has 5 nitrogen and oxygen atoms in total. The zero-order valence-electron chi connectivity index (χ0n) is 11.1. The molecule has 1 aliphatic rings. The molecule has 19 heavy (non-hydrogen) atoms. The molecule has 102 valence electrons. The molecule has 1 unspecified atom stereocenters. The monoisotopic (exact) mass is 279 g/mol. The van der Waals surface area contributed by atoms with E-state index >= 15 is 0 Å². The fraction of sp³-hybridized carbons (Fsp3) is 0.538. The van der Waals surface area contributed by atoms with E-state index in [4.69, 9.17) is 4.74 Å². The highest BCUT2D eigenvalue weighted by molar-refractivity contribution is 7.15. The molecule has 0 aliphatic carbocycles. The Balaban J connectivity index is 1.87. The highest BCUT2D eigenvalue weighted by Gasteiger charge is 2.17. The van der Waals surface area contributed by atoms with Crippen LogP contribution in [0.4, 0.5) is 0 Å². The summed E-state index contributed by atoms with van der Waals surface area (Å²) in [7, 11) is 0. The topological polar surface area (TPSA) is 46.8 Å². The molecule has 0 bridgehead atoms. The van der Waals surface area contributed by atoms with Gasteiger partial charge in [-0.25, -0.2) is 4.98 Å². The second-order valence-electron chi connectivity index (χ2n) is 5.00. The molecular weight excluding hydrogens is 262 g/mol. The fourth-order valence-corrected chi connectivity index (χ4v) is 3.34. The van der Waals surface area contributed by atoms with Crippen LogP contribution in [0.15, 0.2) is 16.2 Å². The normalized spacial score (nSPS) is 21.1. The average molecular weight is 279 g/mol. The number of thiazole rings is 1. The number of aromatic nitrogens is 2. The smallest absolute Gasteiger partial charge is 0.259 e. The van der Waals surface area contributed by atoms with Gasteiger partial charge in [-0.3, -0.25) is 14.1 Å². The van der Waals surface area contributed by atoms with Crippen molar-refractivity contribution in [3.8, 4) is 0 Å². The maximum atomic E-state index is 12.1. The van der Waals surface area contributed by atoms with E-state index < -0.39 is 0 Å². The van der Waals surface area contributed by atoms with Gasteiger partial charge in [0.25, 0.3) is 5.56 Å². The summed E-state index contributed by atoms with van der Waals surface area (Å²) in [6.45, 7) is 7.26. The van der Waals surface area contributed by atoms with Crippen LogP contribution in [0, 0.1) is 6.92 Å². The summed E-state index contributed by atoms with van der Waals surface area (Å²) in [5, 5.41) is 1.96. The lowest BCUT2D eigenvalue weighted by Gasteiger charge is -2.30. The minimum absolute atomic E-state index is 0.0139. The van der Waals surface area contributed by atoms with E-state index in [2.05, 4.69) is 16.8 Å². The van der Waals surface area contributed by atoms with Gasteiger partial charge in [0.2, 0.25) is 0 Å². The van der Waals surface area contributed by atoms with Crippen molar-refractivity contribution in [1.82, 2.24) is 14.3 Å². The van der Waals surface area contributed by atoms with Crippen LogP contribution < -0.4 is 5.56 Å². The third-order valence-electron chi connectivity index (χ3n) is 3.34. The van der Waals surface area contributed by atoms with Crippen LogP contribution in [0.1, 0.15) is 18.3 Å². The first-order valence-corrected chi connectivity index (χ1v) is 7.32. The highest BCUT2D eigenvalue weighted by atomic mass is 32.1. The van der Waals surface area contributed by atoms with Gasteiger partial charge in [-0.15, -0.1) is 11.3 Å². The Morgan fingerprint density at radius 1 is 1.58 bits per heavy atom. The summed E-state index contributed by atoms with van der Waals surface area (Å²) in [5.74, 6) is 0. The summed E-state index contributed by atoms with van der Waals surface area (Å²) >= 11 is 1.51. The third kappa shape index (κ3) is 2.56. The lowest BCUT2D eigenvalue weighted by molar-refractivity contribution is -0.0215. The van der Waals surface area contributed by atoms with Crippen LogP contribution in [-0.4, -0.2) is 40.1 Å². The maximum absolute atomic E-state index is 12.1. The van der Waals surface area contributed by atoms with E-state index in [0.717, 1.165) is 42.6 Å². The molecule has 2 aromatic rings. The van der Waals surface area contributed by atoms with Crippen molar-refractivity contribution >= 4 is 16.3 Å². The Labute approximate surface area is 115 Å². The van der Waals surface area contributed by atoms with Gasteiger partial charge in [-0.05, 0) is 13.8 Å². The Morgan fingerprint density at radius 3 is 3.21 bits per heavy atom. The summed E-state index contributed by atoms with van der Waals surface area (Å²) in [5.41, 5.74) is 1.81. The number of morpholine rings is 1. The Hall–Kier alpha value is -1.24. The van der Waals surface area contributed by atoms with Gasteiger partial charge in [0, 0.05) is 36.8 Å². The van der Waals surface area contributed by atoms with Gasteiger partial charge in [0.15, 0.2) is 4.96 Å². The molecule has 0 aromatic carbocycles. The molecule has 3 heterocycles. The summed E-state index contributed by atoms with van der Waals surface area (Å²) in [6, 6.07) is 1.65. The second kappa shape index (κ2) is 5.03. The summed E-state index contributed by atoms with van der Waals surface area (Å²) < 4.78 is 7.18. The molecule has 3 rings (SSSR count). The number of nitrogens with zero attached hydrogens (tertiary/aromatic N) is 3. The fourth-order valence-electron chi connectivity index (χ4n) is 2.45. The van der Waals surface area contributed by atoms with E-state index in [9.17, 15) is 4.79 Å². The molecule has 0 amide bonds. The lowest BCUT2D eigenvalue weighted by atomic mass is 10.2. The Bertz CT molecular complexity index is 649. The van der Waals surface area contributed by atoms with Crippen LogP contribution in [0.25, 0.3) is 4.96 Å². The first-order valence-electron chi connectivity index (χ1n) is 6.44. The average Bonchev–Trinajstić information content (AvgIpc) is 2.71. The molecule has 1 saturated heterocycles. The molecule has 0 saturated carbocycles. The molecular formula is C13H17N3O2S. The lowest BCUT2D eigenvalue weighted by Crippen LogP contribution is -2.40. The number of hydrogen-bond acceptors (Lipinski definition) is 5. The van der Waals surface area contributed by atoms with Gasteiger partial charge in [0.05, 0.1) is 18.4 Å². The van der Waals surface area contributed by atoms with E-state index in [1.165, 1.54) is 11.3 Å². The van der Waals surface area contributed by atoms with Crippen molar-refractivity contribution in [3.05, 3.63) is 33.2 Å². The minimum atomic E-state index is 0.0139. The standard InChI is InChI=1S/C13H17N3O2S/c1-9-8-19-13-14-11(5-12(17)16(9)13)7-15-3-4-18-10(2)6-15/h5,8,10H,3-4,6-7H2,1-2H3. The van der Waals surface area contributed by atoms with Crippen LogP contribution in [0.3, 0.4) is 0 Å². The van der Waals surface area contributed by atoms with E-state index in [-0.39, 0.29) is 11.7 Å². The predicted molar refractivity (Wildman–Crippen MR) is 74.8 cm³/mol. The molecule has 1 fully saturated rings. The van der Waals surface area contributed by atoms with Gasteiger partial charge >= 0.3 is 0 Å². The van der Waals surface area contributed by atoms with Crippen molar-refractivity contribution in [2.45, 2.75) is 26.5 Å². The SMILES string of the molecule is Cc1csc2nc(CN3CCOC(C)C3)cc(=O)n12. The van der Waals surface area contributed by atoms with Gasteiger partial charge in [-0.1, -0.05) is 0 Å². The van der Waals surface area contributed by atoms with Crippen molar-refractivity contribution in [2.24, 2.45) is 0 Å². The van der Waals surface area contributed by atoms with Crippen LogP contribution in [0.2, 0.25) is 0 Å². The van der Waals surface area contributed by atoms with Gasteiger partial charge < -0.3 is 4.74 Å². The highest BCUT2D eigenvalue weighted by Crippen LogP contribution is 2.13. The predicted octanol–water partition coefficient (Wildman–Crippen LogP) is 1.29. The number of fused-ring (bicyclic) bond motifs is 1. The number of hydrogen-bond donors (Lipinski definition) is 0. The van der Waals surface area contributed by atoms with Crippen molar-refractivity contribution in [1.29, 1.82) is 0 Å². The summed E-state index contributed by atoms with van der Waals surface area (Å²) in [6.07, 6.45) is 0.252. The molecule has 6 heteroatoms. The summed E-state index contributed by atoms with van der Waals surface area (Å²) in [4.78, 5) is 19.7. The number of ether oxygens (including phenoxy) is 1. The quantitative estimate of drug-likeness (QED) is 0.831. The van der Waals surface area contributed by atoms with Gasteiger partial charge in [0.1, 0.15) is 0 Å². The molecule has 1 aliphatic heterocycles. The van der Waals surface area contributed by atoms with Crippen molar-refractivity contribution in [3.63, 3.8) is 0 Å². The Morgan fingerprint density at radius 2 is 2.42 bits per heavy atom. The minimum Gasteiger partial charge on any atom is -0.376 e. The van der Waals surface area contributed by atoms with Crippen molar-refractivity contribution in [2.75, 3.05) is 19.7 Å². The van der Waals surface area contributed by atoms with Crippen molar-refractivity contribution < 1.29 is 4.74 Å². The maximum Gasteiger partial charge on any atom is 0.259 e. The van der Waals surface area contributed by atoms with E-state index in [0.29, 0.717) is 0 Å². The number of aryl methyl sites for hydroxylation is 1. The zero-order valence-corrected chi connectivity index (χ0v) is 11.9. The van der Waals surface area contributed by atoms with Crippen LogP contribution in [0.5, 0.6) is 0 Å². The van der Waals surface area contributed by atoms with E-state index in [1.54, 1.807) is 10.5 Å². The molecule has 1 atom stereocenters. The molecule has 0 spiro atoms.